The van der Waals surface area contributed by atoms with Gasteiger partial charge in [-0.1, -0.05) is 48.5 Å². The van der Waals surface area contributed by atoms with Crippen LogP contribution in [-0.2, 0) is 0 Å². The van der Waals surface area contributed by atoms with Crippen LogP contribution in [0.5, 0.6) is 0 Å². The zero-order valence-corrected chi connectivity index (χ0v) is 15.9. The van der Waals surface area contributed by atoms with E-state index in [1.165, 1.54) is 0 Å². The molecule has 2 aromatic carbocycles. The number of benzene rings is 2. The maximum atomic E-state index is 13.0. The number of aromatic nitrogens is 3. The van der Waals surface area contributed by atoms with Crippen molar-refractivity contribution < 1.29 is 9.21 Å². The molecule has 8 heteroatoms. The molecule has 0 fully saturated rings. The van der Waals surface area contributed by atoms with Crippen LogP contribution in [0.25, 0.3) is 11.5 Å². The molecule has 0 saturated carbocycles. The van der Waals surface area contributed by atoms with E-state index in [9.17, 15) is 4.79 Å². The first-order valence-corrected chi connectivity index (χ1v) is 9.51. The minimum absolute atomic E-state index is 0.182. The van der Waals surface area contributed by atoms with Gasteiger partial charge in [-0.3, -0.25) is 15.2 Å². The molecule has 0 aliphatic rings. The Balaban J connectivity index is 1.60. The van der Waals surface area contributed by atoms with Crippen LogP contribution in [-0.4, -0.2) is 26.0 Å². The lowest BCUT2D eigenvalue weighted by Gasteiger charge is -2.05. The van der Waals surface area contributed by atoms with Gasteiger partial charge in [-0.25, -0.2) is 0 Å². The molecular formula is C21H15N5O2S. The van der Waals surface area contributed by atoms with Gasteiger partial charge in [-0.05, 0) is 36.0 Å². The quantitative estimate of drug-likeness (QED) is 0.167. The van der Waals surface area contributed by atoms with Crippen molar-refractivity contribution >= 4 is 28.3 Å². The number of hydrazone groups is 1. The molecule has 7 nitrogen and oxygen atoms in total. The van der Waals surface area contributed by atoms with Gasteiger partial charge in [0.05, 0.1) is 11.3 Å². The highest BCUT2D eigenvalue weighted by molar-refractivity contribution is 8.15. The Morgan fingerprint density at radius 2 is 1.69 bits per heavy atom. The number of ketones is 1. The van der Waals surface area contributed by atoms with Crippen LogP contribution in [0.3, 0.4) is 0 Å². The fourth-order valence-corrected chi connectivity index (χ4v) is 3.07. The summed E-state index contributed by atoms with van der Waals surface area (Å²) in [5.41, 5.74) is 4.87. The number of carbonyl (C=O) groups is 1. The van der Waals surface area contributed by atoms with Crippen LogP contribution in [0.4, 0.5) is 5.69 Å². The molecule has 29 heavy (non-hydrogen) atoms. The lowest BCUT2D eigenvalue weighted by molar-refractivity contribution is 0.106. The Hall–Kier alpha value is -3.78. The predicted octanol–water partition coefficient (Wildman–Crippen LogP) is 4.53. The third-order valence-corrected chi connectivity index (χ3v) is 4.60. The number of hydrogen-bond acceptors (Lipinski definition) is 8. The summed E-state index contributed by atoms with van der Waals surface area (Å²) in [6, 6.07) is 21.9. The highest BCUT2D eigenvalue weighted by Gasteiger charge is 2.20. The number of rotatable bonds is 6. The van der Waals surface area contributed by atoms with Gasteiger partial charge in [0, 0.05) is 18.0 Å². The van der Waals surface area contributed by atoms with Gasteiger partial charge in [0.25, 0.3) is 5.22 Å². The topological polar surface area (TPSA) is 93.3 Å². The fourth-order valence-electron chi connectivity index (χ4n) is 2.40. The Morgan fingerprint density at radius 3 is 2.41 bits per heavy atom. The molecule has 4 rings (SSSR count). The van der Waals surface area contributed by atoms with E-state index in [2.05, 4.69) is 25.7 Å². The first kappa shape index (κ1) is 18.6. The van der Waals surface area contributed by atoms with Gasteiger partial charge < -0.3 is 4.42 Å². The highest BCUT2D eigenvalue weighted by atomic mass is 32.2. The molecule has 142 valence electrons. The summed E-state index contributed by atoms with van der Waals surface area (Å²) in [5.74, 6) is 0.0725. The number of pyridine rings is 1. The second kappa shape index (κ2) is 8.94. The van der Waals surface area contributed by atoms with E-state index in [0.717, 1.165) is 17.4 Å². The van der Waals surface area contributed by atoms with Crippen LogP contribution in [0, 0.1) is 0 Å². The second-order valence-corrected chi connectivity index (χ2v) is 6.75. The smallest absolute Gasteiger partial charge is 0.283 e. The van der Waals surface area contributed by atoms with Crippen molar-refractivity contribution in [2.24, 2.45) is 5.10 Å². The SMILES string of the molecule is O=C(/C(=N/Nc1ccccc1)Sc1nnc(-c2cccnc2)o1)c1ccccc1. The summed E-state index contributed by atoms with van der Waals surface area (Å²) >= 11 is 1.00. The molecule has 0 radical (unpaired) electrons. The Kier molecular flexibility index (Phi) is 5.73. The van der Waals surface area contributed by atoms with Crippen molar-refractivity contribution in [1.29, 1.82) is 0 Å². The normalized spacial score (nSPS) is 11.2. The van der Waals surface area contributed by atoms with Crippen LogP contribution < -0.4 is 5.43 Å². The van der Waals surface area contributed by atoms with Crippen molar-refractivity contribution in [1.82, 2.24) is 15.2 Å². The molecule has 0 aliphatic heterocycles. The lowest BCUT2D eigenvalue weighted by atomic mass is 10.1. The molecule has 0 atom stereocenters. The van der Waals surface area contributed by atoms with Crippen molar-refractivity contribution in [3.8, 4) is 11.5 Å². The number of hydrogen-bond donors (Lipinski definition) is 1. The number of nitrogens with one attached hydrogen (secondary N) is 1. The number of anilines is 1. The summed E-state index contributed by atoms with van der Waals surface area (Å²) in [4.78, 5) is 17.0. The first-order valence-electron chi connectivity index (χ1n) is 8.70. The molecule has 0 unspecified atom stereocenters. The largest absolute Gasteiger partial charge is 0.411 e. The van der Waals surface area contributed by atoms with E-state index in [1.807, 2.05) is 42.5 Å². The maximum Gasteiger partial charge on any atom is 0.283 e. The number of para-hydroxylation sites is 1. The minimum atomic E-state index is -0.250. The molecule has 0 amide bonds. The van der Waals surface area contributed by atoms with E-state index in [4.69, 9.17) is 4.42 Å². The summed E-state index contributed by atoms with van der Waals surface area (Å²) in [6.07, 6.45) is 3.29. The molecule has 2 heterocycles. The van der Waals surface area contributed by atoms with E-state index >= 15 is 0 Å². The molecule has 1 N–H and O–H groups in total. The fraction of sp³-hybridized carbons (Fsp3) is 0. The molecule has 0 aliphatic carbocycles. The summed E-state index contributed by atoms with van der Waals surface area (Å²) in [6.45, 7) is 0. The van der Waals surface area contributed by atoms with Crippen molar-refractivity contribution in [2.45, 2.75) is 5.22 Å². The molecule has 4 aromatic rings. The zero-order valence-electron chi connectivity index (χ0n) is 15.1. The van der Waals surface area contributed by atoms with E-state index in [-0.39, 0.29) is 16.0 Å². The van der Waals surface area contributed by atoms with Gasteiger partial charge >= 0.3 is 0 Å². The van der Waals surface area contributed by atoms with Gasteiger partial charge in [-0.2, -0.15) is 5.10 Å². The average Bonchev–Trinajstić information content (AvgIpc) is 3.27. The van der Waals surface area contributed by atoms with Gasteiger partial charge in [0.15, 0.2) is 5.04 Å². The van der Waals surface area contributed by atoms with Crippen molar-refractivity contribution in [2.75, 3.05) is 5.43 Å². The second-order valence-electron chi connectivity index (χ2n) is 5.81. The Labute approximate surface area is 170 Å². The average molecular weight is 401 g/mol. The van der Waals surface area contributed by atoms with E-state index in [0.29, 0.717) is 17.0 Å². The number of Topliss-reactive ketones (excluding diaryl/α,β-unsaturated/α-hetero) is 1. The number of thioether (sulfide) groups is 1. The Morgan fingerprint density at radius 1 is 0.931 bits per heavy atom. The third kappa shape index (κ3) is 4.74. The Bertz CT molecular complexity index is 1120. The predicted molar refractivity (Wildman–Crippen MR) is 112 cm³/mol. The van der Waals surface area contributed by atoms with E-state index < -0.39 is 0 Å². The standard InChI is InChI=1S/C21H15N5O2S/c27-18(15-8-3-1-4-9-15)20(25-23-17-11-5-2-6-12-17)29-21-26-24-19(28-21)16-10-7-13-22-14-16/h1-14,23H/b25-20-. The van der Waals surface area contributed by atoms with Gasteiger partial charge in [0.1, 0.15) is 0 Å². The van der Waals surface area contributed by atoms with Crippen molar-refractivity contribution in [3.63, 3.8) is 0 Å². The summed E-state index contributed by atoms with van der Waals surface area (Å²) < 4.78 is 5.68. The van der Waals surface area contributed by atoms with Gasteiger partial charge in [-0.15, -0.1) is 10.2 Å². The molecule has 0 spiro atoms. The highest BCUT2D eigenvalue weighted by Crippen LogP contribution is 2.25. The lowest BCUT2D eigenvalue weighted by Crippen LogP contribution is -2.13. The molecule has 2 aromatic heterocycles. The molecule has 0 bridgehead atoms. The van der Waals surface area contributed by atoms with Crippen LogP contribution in [0.15, 0.2) is 99.9 Å². The van der Waals surface area contributed by atoms with Crippen LogP contribution in [0.1, 0.15) is 10.4 Å². The van der Waals surface area contributed by atoms with Gasteiger partial charge in [0.2, 0.25) is 11.7 Å². The first-order chi connectivity index (χ1) is 14.3. The maximum absolute atomic E-state index is 13.0. The van der Waals surface area contributed by atoms with E-state index in [1.54, 1.807) is 42.7 Å². The zero-order chi connectivity index (χ0) is 19.9. The van der Waals surface area contributed by atoms with Crippen molar-refractivity contribution in [3.05, 3.63) is 90.8 Å². The summed E-state index contributed by atoms with van der Waals surface area (Å²) in [5, 5.41) is 12.7. The van der Waals surface area contributed by atoms with Crippen LogP contribution >= 0.6 is 11.8 Å². The third-order valence-electron chi connectivity index (χ3n) is 3.79. The minimum Gasteiger partial charge on any atom is -0.411 e. The number of carbonyl (C=O) groups excluding carboxylic acids is 1. The summed E-state index contributed by atoms with van der Waals surface area (Å²) in [7, 11) is 0. The monoisotopic (exact) mass is 401 g/mol. The van der Waals surface area contributed by atoms with Crippen LogP contribution in [0.2, 0.25) is 0 Å². The molecular weight excluding hydrogens is 386 g/mol. The molecule has 0 saturated heterocycles. The number of nitrogens with zero attached hydrogens (tertiary/aromatic N) is 4.